The van der Waals surface area contributed by atoms with Crippen molar-refractivity contribution >= 4 is 49.7 Å². The molecule has 1 aliphatic rings. The molecule has 0 amide bonds. The van der Waals surface area contributed by atoms with Gasteiger partial charge in [-0.1, -0.05) is 0 Å². The molecule has 0 saturated heterocycles. The zero-order valence-electron chi connectivity index (χ0n) is 8.98. The minimum atomic E-state index is -3.42. The predicted molar refractivity (Wildman–Crippen MR) is 75.2 cm³/mol. The van der Waals surface area contributed by atoms with Crippen LogP contribution in [-0.2, 0) is 10.0 Å². The van der Waals surface area contributed by atoms with E-state index in [2.05, 4.69) is 20.7 Å². The predicted octanol–water partition coefficient (Wildman–Crippen LogP) is 2.09. The van der Waals surface area contributed by atoms with Crippen molar-refractivity contribution in [2.45, 2.75) is 29.0 Å². The Morgan fingerprint density at radius 2 is 2.18 bits per heavy atom. The van der Waals surface area contributed by atoms with E-state index < -0.39 is 10.0 Å². The molecular formula is C9H14BrClN2O2S2. The fourth-order valence-corrected chi connectivity index (χ4v) is 5.10. The van der Waals surface area contributed by atoms with Gasteiger partial charge in [-0.2, -0.15) is 0 Å². The molecule has 0 aliphatic heterocycles. The summed E-state index contributed by atoms with van der Waals surface area (Å²) in [4.78, 5) is 0. The van der Waals surface area contributed by atoms with Gasteiger partial charge in [0.15, 0.2) is 0 Å². The lowest BCUT2D eigenvalue weighted by Gasteiger charge is -2.37. The van der Waals surface area contributed by atoms with E-state index >= 15 is 0 Å². The summed E-state index contributed by atoms with van der Waals surface area (Å²) in [6.07, 6.45) is 2.86. The zero-order valence-corrected chi connectivity index (χ0v) is 13.0. The maximum atomic E-state index is 11.9. The first-order valence-corrected chi connectivity index (χ1v) is 8.10. The summed E-state index contributed by atoms with van der Waals surface area (Å²) in [5, 5.41) is 1.74. The Morgan fingerprint density at radius 3 is 2.59 bits per heavy atom. The molecule has 1 aromatic rings. The first-order valence-electron chi connectivity index (χ1n) is 4.95. The summed E-state index contributed by atoms with van der Waals surface area (Å²) in [6.45, 7) is 0.319. The van der Waals surface area contributed by atoms with Crippen LogP contribution in [0.15, 0.2) is 20.1 Å². The largest absolute Gasteiger partial charge is 0.324 e. The van der Waals surface area contributed by atoms with E-state index in [9.17, 15) is 8.42 Å². The highest BCUT2D eigenvalue weighted by molar-refractivity contribution is 9.10. The molecule has 1 aliphatic carbocycles. The highest BCUT2D eigenvalue weighted by Crippen LogP contribution is 2.30. The molecule has 3 N–H and O–H groups in total. The Balaban J connectivity index is 0.00000144. The molecule has 1 fully saturated rings. The van der Waals surface area contributed by atoms with E-state index in [-0.39, 0.29) is 17.9 Å². The molecule has 4 nitrogen and oxygen atoms in total. The molecule has 8 heteroatoms. The van der Waals surface area contributed by atoms with Crippen molar-refractivity contribution in [1.82, 2.24) is 4.72 Å². The van der Waals surface area contributed by atoms with Crippen LogP contribution in [0.4, 0.5) is 0 Å². The van der Waals surface area contributed by atoms with Gasteiger partial charge in [0, 0.05) is 16.6 Å². The number of nitrogens with two attached hydrogens (primary N) is 1. The molecule has 1 saturated carbocycles. The number of hydrogen-bond donors (Lipinski definition) is 2. The average molecular weight is 362 g/mol. The molecule has 1 aromatic heterocycles. The maximum Gasteiger partial charge on any atom is 0.251 e. The van der Waals surface area contributed by atoms with Crippen LogP contribution >= 0.6 is 39.7 Å². The molecule has 2 rings (SSSR count). The van der Waals surface area contributed by atoms with Gasteiger partial charge in [-0.15, -0.1) is 23.7 Å². The Kier molecular flexibility index (Phi) is 5.02. The minimum absolute atomic E-state index is 0. The second-order valence-electron chi connectivity index (χ2n) is 4.10. The van der Waals surface area contributed by atoms with E-state index in [4.69, 9.17) is 5.73 Å². The number of nitrogens with one attached hydrogen (secondary N) is 1. The molecule has 0 radical (unpaired) electrons. The molecule has 98 valence electrons. The monoisotopic (exact) mass is 360 g/mol. The summed E-state index contributed by atoms with van der Waals surface area (Å²) >= 11 is 4.41. The lowest BCUT2D eigenvalue weighted by molar-refractivity contribution is 0.251. The number of thiophene rings is 1. The van der Waals surface area contributed by atoms with E-state index in [1.165, 1.54) is 11.3 Å². The number of sulfonamides is 1. The van der Waals surface area contributed by atoms with Crippen LogP contribution in [0.3, 0.4) is 0 Å². The number of hydrogen-bond acceptors (Lipinski definition) is 4. The quantitative estimate of drug-likeness (QED) is 0.862. The Morgan fingerprint density at radius 1 is 1.53 bits per heavy atom. The standard InChI is InChI=1S/C9H13BrN2O2S2.ClH/c10-7-2-5-15-8(7)16(13,14)12-6-9(11)3-1-4-9;/h2,5,12H,1,3-4,6,11H2;1H. The van der Waals surface area contributed by atoms with Gasteiger partial charge < -0.3 is 5.73 Å². The summed E-state index contributed by atoms with van der Waals surface area (Å²) in [5.41, 5.74) is 5.63. The van der Waals surface area contributed by atoms with Crippen LogP contribution < -0.4 is 10.5 Å². The average Bonchev–Trinajstić information content (AvgIpc) is 2.59. The van der Waals surface area contributed by atoms with Crippen LogP contribution in [0.1, 0.15) is 19.3 Å². The lowest BCUT2D eigenvalue weighted by Crippen LogP contribution is -2.54. The Bertz CT molecular complexity index is 485. The van der Waals surface area contributed by atoms with Gasteiger partial charge in [0.05, 0.1) is 0 Å². The topological polar surface area (TPSA) is 72.2 Å². The number of halogens is 2. The fraction of sp³-hybridized carbons (Fsp3) is 0.556. The van der Waals surface area contributed by atoms with Crippen molar-refractivity contribution in [2.75, 3.05) is 6.54 Å². The van der Waals surface area contributed by atoms with Crippen LogP contribution in [0, 0.1) is 0 Å². The van der Waals surface area contributed by atoms with Crippen molar-refractivity contribution in [3.05, 3.63) is 15.9 Å². The molecule has 0 bridgehead atoms. The van der Waals surface area contributed by atoms with Crippen LogP contribution in [0.25, 0.3) is 0 Å². The first-order chi connectivity index (χ1) is 7.43. The van der Waals surface area contributed by atoms with Crippen molar-refractivity contribution in [2.24, 2.45) is 5.73 Å². The van der Waals surface area contributed by atoms with Crippen molar-refractivity contribution in [1.29, 1.82) is 0 Å². The van der Waals surface area contributed by atoms with Gasteiger partial charge in [0.1, 0.15) is 4.21 Å². The SMILES string of the molecule is Cl.NC1(CNS(=O)(=O)c2sccc2Br)CCC1. The molecule has 0 atom stereocenters. The maximum absolute atomic E-state index is 11.9. The third kappa shape index (κ3) is 3.42. The highest BCUT2D eigenvalue weighted by Gasteiger charge is 2.34. The minimum Gasteiger partial charge on any atom is -0.324 e. The Labute approximate surface area is 120 Å². The van der Waals surface area contributed by atoms with Crippen molar-refractivity contribution in [3.63, 3.8) is 0 Å². The zero-order chi connectivity index (χ0) is 11.8. The van der Waals surface area contributed by atoms with Gasteiger partial charge >= 0.3 is 0 Å². The second kappa shape index (κ2) is 5.54. The van der Waals surface area contributed by atoms with Gasteiger partial charge in [-0.05, 0) is 46.6 Å². The van der Waals surface area contributed by atoms with Crippen molar-refractivity contribution < 1.29 is 8.42 Å². The molecule has 0 aromatic carbocycles. The normalized spacial score (nSPS) is 18.2. The molecule has 0 spiro atoms. The molecule has 0 unspecified atom stereocenters. The molecule has 1 heterocycles. The fourth-order valence-electron chi connectivity index (χ4n) is 1.58. The van der Waals surface area contributed by atoms with E-state index in [0.717, 1.165) is 19.3 Å². The van der Waals surface area contributed by atoms with Crippen LogP contribution in [0.2, 0.25) is 0 Å². The summed E-state index contributed by atoms with van der Waals surface area (Å²) in [7, 11) is -3.42. The van der Waals surface area contributed by atoms with E-state index in [0.29, 0.717) is 15.2 Å². The smallest absolute Gasteiger partial charge is 0.251 e. The van der Waals surface area contributed by atoms with E-state index in [1.54, 1.807) is 11.4 Å². The van der Waals surface area contributed by atoms with Crippen molar-refractivity contribution in [3.8, 4) is 0 Å². The van der Waals surface area contributed by atoms with E-state index in [1.807, 2.05) is 0 Å². The summed E-state index contributed by atoms with van der Waals surface area (Å²) in [6, 6.07) is 1.72. The number of rotatable bonds is 4. The first kappa shape index (κ1) is 15.4. The van der Waals surface area contributed by atoms with Gasteiger partial charge in [-0.3, -0.25) is 0 Å². The molecule has 17 heavy (non-hydrogen) atoms. The van der Waals surface area contributed by atoms with Gasteiger partial charge in [0.25, 0.3) is 10.0 Å². The van der Waals surface area contributed by atoms with Crippen LogP contribution in [0.5, 0.6) is 0 Å². The summed E-state index contributed by atoms with van der Waals surface area (Å²) < 4.78 is 27.3. The highest BCUT2D eigenvalue weighted by atomic mass is 79.9. The third-order valence-electron chi connectivity index (χ3n) is 2.79. The van der Waals surface area contributed by atoms with Crippen LogP contribution in [-0.4, -0.2) is 20.5 Å². The van der Waals surface area contributed by atoms with Gasteiger partial charge in [-0.25, -0.2) is 13.1 Å². The second-order valence-corrected chi connectivity index (χ2v) is 7.83. The third-order valence-corrected chi connectivity index (χ3v) is 6.86. The lowest BCUT2D eigenvalue weighted by atomic mass is 9.78. The van der Waals surface area contributed by atoms with Gasteiger partial charge in [0.2, 0.25) is 0 Å². The summed E-state index contributed by atoms with van der Waals surface area (Å²) in [5.74, 6) is 0. The Hall–Kier alpha value is 0.340. The molecular weight excluding hydrogens is 348 g/mol.